The van der Waals surface area contributed by atoms with Crippen LogP contribution in [-0.2, 0) is 20.8 Å². The number of carbonyl (C=O) groups excluding carboxylic acids is 1. The molecule has 13 nitrogen and oxygen atoms in total. The van der Waals surface area contributed by atoms with Crippen molar-refractivity contribution in [2.24, 2.45) is 0 Å². The van der Waals surface area contributed by atoms with Crippen molar-refractivity contribution in [3.63, 3.8) is 0 Å². The van der Waals surface area contributed by atoms with E-state index < -0.39 is 36.3 Å². The molecule has 1 amide bonds. The third kappa shape index (κ3) is 10.4. The Hall–Kier alpha value is -3.91. The maximum atomic E-state index is 12.7. The highest BCUT2D eigenvalue weighted by Gasteiger charge is 2.30. The second kappa shape index (κ2) is 16.7. The first kappa shape index (κ1) is 33.6. The molecule has 2 heterocycles. The molecular weight excluding hydrogens is 564 g/mol. The highest BCUT2D eigenvalue weighted by molar-refractivity contribution is 5.83. The zero-order valence-corrected chi connectivity index (χ0v) is 24.1. The zero-order valence-electron chi connectivity index (χ0n) is 24.1. The van der Waals surface area contributed by atoms with E-state index in [0.717, 1.165) is 30.8 Å². The lowest BCUT2D eigenvalue weighted by atomic mass is 10.0. The normalized spacial score (nSPS) is 17.0. The maximum Gasteiger partial charge on any atom is 0.335 e. The number of carboxylic acids is 2. The number of carboxylic acid groups (broad SMARTS) is 2. The number of ether oxygens (including phenoxy) is 3. The molecule has 0 unspecified atom stereocenters. The average molecular weight is 606 g/mol. The van der Waals surface area contributed by atoms with Crippen LogP contribution in [0.1, 0.15) is 43.4 Å². The van der Waals surface area contributed by atoms with Crippen LogP contribution in [0.5, 0.6) is 17.2 Å². The number of likely N-dealkylation sites (tertiary alicyclic amines) is 1. The third-order valence-electron chi connectivity index (χ3n) is 7.19. The molecule has 2 aromatic carbocycles. The van der Waals surface area contributed by atoms with Crippen LogP contribution in [0.2, 0.25) is 0 Å². The van der Waals surface area contributed by atoms with Crippen LogP contribution in [0.25, 0.3) is 0 Å². The standard InChI is InChI=1S/C26H34N2O5.C4H6O6/c1-2-19-5-8-21(9-6-19)31-14-11-25(29)27-22(18-28-12-3-4-13-28)26(30)20-7-10-23-24(17-20)33-16-15-32-23;5-1(3(7)8)2(6)4(9)10/h5-10,17,22,26,30H,2-4,11-16,18H2,1H3,(H,27,29);1-2,5-6H,(H,7,8)(H,9,10)/p+1/t22-,26-;1-,2-/m11/s1. The highest BCUT2D eigenvalue weighted by Crippen LogP contribution is 2.33. The number of hydrogen-bond acceptors (Lipinski definition) is 9. The summed E-state index contributed by atoms with van der Waals surface area (Å²) in [5, 5.41) is 46.8. The van der Waals surface area contributed by atoms with E-state index in [1.54, 1.807) is 0 Å². The number of carbonyl (C=O) groups is 3. The third-order valence-corrected chi connectivity index (χ3v) is 7.19. The molecular formula is C30H41N2O11+. The van der Waals surface area contributed by atoms with Crippen molar-refractivity contribution in [2.45, 2.75) is 57.0 Å². The Morgan fingerprint density at radius 3 is 2.09 bits per heavy atom. The van der Waals surface area contributed by atoms with Gasteiger partial charge < -0.3 is 50.0 Å². The van der Waals surface area contributed by atoms with Crippen molar-refractivity contribution in [1.82, 2.24) is 5.32 Å². The number of nitrogens with one attached hydrogen (secondary N) is 2. The van der Waals surface area contributed by atoms with Gasteiger partial charge in [-0.1, -0.05) is 25.1 Å². The molecule has 236 valence electrons. The van der Waals surface area contributed by atoms with Gasteiger partial charge in [0.2, 0.25) is 5.91 Å². The number of fused-ring (bicyclic) bond motifs is 1. The Balaban J connectivity index is 0.000000436. The van der Waals surface area contributed by atoms with E-state index in [9.17, 15) is 19.5 Å². The molecule has 2 aromatic rings. The van der Waals surface area contributed by atoms with Crippen molar-refractivity contribution >= 4 is 17.8 Å². The predicted octanol–water partition coefficient (Wildman–Crippen LogP) is -0.436. The van der Waals surface area contributed by atoms with Crippen LogP contribution in [-0.4, -0.2) is 101 Å². The smallest absolute Gasteiger partial charge is 0.335 e. The largest absolute Gasteiger partial charge is 0.493 e. The summed E-state index contributed by atoms with van der Waals surface area (Å²) < 4.78 is 17.0. The molecule has 0 spiro atoms. The number of aryl methyl sites for hydroxylation is 1. The lowest BCUT2D eigenvalue weighted by molar-refractivity contribution is -0.889. The van der Waals surface area contributed by atoms with Gasteiger partial charge in [0.25, 0.3) is 0 Å². The van der Waals surface area contributed by atoms with E-state index in [-0.39, 0.29) is 12.3 Å². The topological polar surface area (TPSA) is 197 Å². The Morgan fingerprint density at radius 1 is 0.907 bits per heavy atom. The molecule has 0 saturated carbocycles. The summed E-state index contributed by atoms with van der Waals surface area (Å²) >= 11 is 0. The van der Waals surface area contributed by atoms with E-state index in [0.29, 0.717) is 37.9 Å². The first-order valence-corrected chi connectivity index (χ1v) is 14.3. The molecule has 0 aromatic heterocycles. The van der Waals surface area contributed by atoms with E-state index in [1.165, 1.54) is 23.3 Å². The summed E-state index contributed by atoms with van der Waals surface area (Å²) in [6.45, 7) is 6.23. The molecule has 0 radical (unpaired) electrons. The van der Waals surface area contributed by atoms with E-state index in [4.69, 9.17) is 34.6 Å². The molecule has 43 heavy (non-hydrogen) atoms. The van der Waals surface area contributed by atoms with Crippen LogP contribution < -0.4 is 24.4 Å². The minimum absolute atomic E-state index is 0.125. The molecule has 2 aliphatic rings. The highest BCUT2D eigenvalue weighted by atomic mass is 16.6. The lowest BCUT2D eigenvalue weighted by Gasteiger charge is -2.27. The number of aliphatic carboxylic acids is 2. The van der Waals surface area contributed by atoms with Crippen LogP contribution in [0.4, 0.5) is 0 Å². The SMILES string of the molecule is CCc1ccc(OCCC(=O)N[C@H](C[NH+]2CCCC2)[C@H](O)c2ccc3c(c2)OCCO3)cc1.O=C(O)[C@H](O)[C@@H](O)C(=O)O. The molecule has 2 aliphatic heterocycles. The first-order chi connectivity index (χ1) is 20.6. The number of rotatable bonds is 13. The predicted molar refractivity (Wildman–Crippen MR) is 152 cm³/mol. The van der Waals surface area contributed by atoms with Gasteiger partial charge in [0.1, 0.15) is 37.7 Å². The summed E-state index contributed by atoms with van der Waals surface area (Å²) in [6.07, 6.45) is -1.79. The Bertz CT molecular complexity index is 1180. The fraction of sp³-hybridized carbons (Fsp3) is 0.500. The maximum absolute atomic E-state index is 12.7. The Kier molecular flexibility index (Phi) is 13.0. The van der Waals surface area contributed by atoms with Crippen LogP contribution in [0.3, 0.4) is 0 Å². The molecule has 0 bridgehead atoms. The quantitative estimate of drug-likeness (QED) is 0.156. The van der Waals surface area contributed by atoms with Gasteiger partial charge in [-0.25, -0.2) is 9.59 Å². The van der Waals surface area contributed by atoms with Crippen LogP contribution in [0.15, 0.2) is 42.5 Å². The summed E-state index contributed by atoms with van der Waals surface area (Å²) in [4.78, 5) is 33.7. The first-order valence-electron chi connectivity index (χ1n) is 14.3. The number of amides is 1. The average Bonchev–Trinajstić information content (AvgIpc) is 3.53. The van der Waals surface area contributed by atoms with Gasteiger partial charge in [0, 0.05) is 12.8 Å². The second-order valence-corrected chi connectivity index (χ2v) is 10.3. The summed E-state index contributed by atoms with van der Waals surface area (Å²) in [5.74, 6) is -1.58. The minimum atomic E-state index is -2.27. The molecule has 7 N–H and O–H groups in total. The molecule has 1 saturated heterocycles. The van der Waals surface area contributed by atoms with Crippen molar-refractivity contribution in [3.8, 4) is 17.2 Å². The zero-order chi connectivity index (χ0) is 31.4. The number of benzene rings is 2. The van der Waals surface area contributed by atoms with Gasteiger partial charge in [-0.2, -0.15) is 0 Å². The second-order valence-electron chi connectivity index (χ2n) is 10.3. The van der Waals surface area contributed by atoms with Gasteiger partial charge in [0.15, 0.2) is 23.7 Å². The van der Waals surface area contributed by atoms with E-state index >= 15 is 0 Å². The van der Waals surface area contributed by atoms with Crippen molar-refractivity contribution in [2.75, 3.05) is 39.5 Å². The Labute approximate surface area is 249 Å². The lowest BCUT2D eigenvalue weighted by Crippen LogP contribution is -3.11. The van der Waals surface area contributed by atoms with Gasteiger partial charge in [-0.15, -0.1) is 0 Å². The van der Waals surface area contributed by atoms with Crippen molar-refractivity contribution < 1.29 is 59.0 Å². The van der Waals surface area contributed by atoms with Crippen LogP contribution >= 0.6 is 0 Å². The summed E-state index contributed by atoms with van der Waals surface area (Å²) in [5.41, 5.74) is 1.97. The number of aliphatic hydroxyl groups excluding tert-OH is 3. The van der Waals surface area contributed by atoms with Gasteiger partial charge in [-0.05, 0) is 41.8 Å². The number of aliphatic hydroxyl groups is 3. The molecule has 4 atom stereocenters. The Morgan fingerprint density at radius 2 is 1.51 bits per heavy atom. The molecule has 4 rings (SSSR count). The van der Waals surface area contributed by atoms with E-state index in [1.807, 2.05) is 42.5 Å². The van der Waals surface area contributed by atoms with Gasteiger partial charge >= 0.3 is 11.9 Å². The number of hydrogen-bond donors (Lipinski definition) is 7. The summed E-state index contributed by atoms with van der Waals surface area (Å²) in [6, 6.07) is 13.0. The fourth-order valence-corrected chi connectivity index (χ4v) is 4.74. The number of quaternary nitrogens is 1. The van der Waals surface area contributed by atoms with E-state index in [2.05, 4.69) is 12.2 Å². The molecule has 0 aliphatic carbocycles. The summed E-state index contributed by atoms with van der Waals surface area (Å²) in [7, 11) is 0. The fourth-order valence-electron chi connectivity index (χ4n) is 4.74. The monoisotopic (exact) mass is 605 g/mol. The minimum Gasteiger partial charge on any atom is -0.493 e. The molecule has 13 heteroatoms. The van der Waals surface area contributed by atoms with Gasteiger partial charge in [-0.3, -0.25) is 4.79 Å². The molecule has 1 fully saturated rings. The van der Waals surface area contributed by atoms with Gasteiger partial charge in [0.05, 0.1) is 26.1 Å². The van der Waals surface area contributed by atoms with Crippen molar-refractivity contribution in [1.29, 1.82) is 0 Å². The van der Waals surface area contributed by atoms with Crippen molar-refractivity contribution in [3.05, 3.63) is 53.6 Å². The van der Waals surface area contributed by atoms with Crippen LogP contribution in [0, 0.1) is 0 Å².